The van der Waals surface area contributed by atoms with Crippen LogP contribution in [0.3, 0.4) is 0 Å². The van der Waals surface area contributed by atoms with E-state index in [-0.39, 0.29) is 24.0 Å². The van der Waals surface area contributed by atoms with Crippen LogP contribution in [0.15, 0.2) is 23.3 Å². The molecule has 2 fully saturated rings. The van der Waals surface area contributed by atoms with Crippen LogP contribution in [0.2, 0.25) is 0 Å². The van der Waals surface area contributed by atoms with Gasteiger partial charge in [0.2, 0.25) is 5.92 Å². The second-order valence-corrected chi connectivity index (χ2v) is 9.28. The van der Waals surface area contributed by atoms with Crippen molar-refractivity contribution in [1.29, 1.82) is 0 Å². The lowest BCUT2D eigenvalue weighted by Crippen LogP contribution is -2.27. The molecule has 1 unspecified atom stereocenters. The molecule has 2 aliphatic rings. The largest absolute Gasteiger partial charge is 0.428 e. The van der Waals surface area contributed by atoms with E-state index in [1.54, 1.807) is 0 Å². The van der Waals surface area contributed by atoms with E-state index in [4.69, 9.17) is 5.73 Å². The Morgan fingerprint density at radius 1 is 1.29 bits per heavy atom. The lowest BCUT2D eigenvalue weighted by Gasteiger charge is -2.24. The first-order valence-corrected chi connectivity index (χ1v) is 10.6. The first kappa shape index (κ1) is 23.9. The Bertz CT molecular complexity index is 1230. The summed E-state index contributed by atoms with van der Waals surface area (Å²) in [5.74, 6) is -5.78. The Labute approximate surface area is 189 Å². The number of primary amides is 1. The van der Waals surface area contributed by atoms with Crippen molar-refractivity contribution >= 4 is 11.8 Å². The molecule has 2 amide bonds. The number of alkyl halides is 5. The summed E-state index contributed by atoms with van der Waals surface area (Å²) in [6, 6.07) is 2.04. The quantitative estimate of drug-likeness (QED) is 0.496. The lowest BCUT2D eigenvalue weighted by atomic mass is 9.88. The first-order chi connectivity index (χ1) is 15.7. The van der Waals surface area contributed by atoms with Crippen LogP contribution in [-0.4, -0.2) is 37.5 Å². The molecule has 0 aliphatic heterocycles. The normalized spacial score (nSPS) is 22.8. The predicted molar refractivity (Wildman–Crippen MR) is 106 cm³/mol. The Balaban J connectivity index is 1.84. The van der Waals surface area contributed by atoms with Gasteiger partial charge < -0.3 is 10.9 Å². The van der Waals surface area contributed by atoms with Crippen LogP contribution in [0.25, 0.3) is 0 Å². The number of aromatic nitrogens is 3. The van der Waals surface area contributed by atoms with Crippen molar-refractivity contribution in [2.75, 3.05) is 0 Å². The third-order valence-corrected chi connectivity index (χ3v) is 6.14. The minimum atomic E-state index is -4.93. The standard InChI is InChI=1S/C21H22F5N5O3/c1-19(5-6-20(22,23)9-19)10-30-16(14(21(24,25)26)15(29-30)11-2-3-11)18(33)28-12-4-7-31(34)13(8-12)17(27)32/h4,7-8,11,34H,2-3,5-6,9-10H2,1H3,(H2,27,32). The summed E-state index contributed by atoms with van der Waals surface area (Å²) in [5, 5.41) is 13.5. The van der Waals surface area contributed by atoms with Gasteiger partial charge in [0.15, 0.2) is 0 Å². The number of hydrogen-bond acceptors (Lipinski definition) is 4. The third-order valence-electron chi connectivity index (χ3n) is 6.14. The van der Waals surface area contributed by atoms with Crippen molar-refractivity contribution < 1.29 is 36.7 Å². The molecule has 0 saturated heterocycles. The van der Waals surface area contributed by atoms with Gasteiger partial charge in [-0.2, -0.15) is 23.0 Å². The molecule has 0 bridgehead atoms. The van der Waals surface area contributed by atoms with Crippen molar-refractivity contribution in [3.05, 3.63) is 46.3 Å². The summed E-state index contributed by atoms with van der Waals surface area (Å²) in [6.45, 7) is 1.22. The van der Waals surface area contributed by atoms with Gasteiger partial charge in [0, 0.05) is 31.5 Å². The van der Waals surface area contributed by atoms with Gasteiger partial charge in [-0.3, -0.25) is 14.3 Å². The molecule has 2 heterocycles. The predicted octanol–water partition coefficient (Wildman–Crippen LogP) is 3.48. The van der Waals surface area contributed by atoms with Crippen molar-refractivity contribution in [3.8, 4) is 0 Å². The fraction of sp³-hybridized carbons (Fsp3) is 0.524. The highest BCUT2D eigenvalue weighted by Crippen LogP contribution is 2.50. The number of halogens is 5. The van der Waals surface area contributed by atoms with Crippen molar-refractivity contribution in [1.82, 2.24) is 14.5 Å². The highest BCUT2D eigenvalue weighted by molar-refractivity contribution is 5.95. The zero-order valence-electron chi connectivity index (χ0n) is 18.1. The number of carbonyl (C=O) groups is 2. The molecular weight excluding hydrogens is 465 g/mol. The van der Waals surface area contributed by atoms with Crippen molar-refractivity contribution in [2.45, 2.75) is 63.6 Å². The van der Waals surface area contributed by atoms with Crippen LogP contribution in [-0.2, 0) is 12.7 Å². The van der Waals surface area contributed by atoms with Gasteiger partial charge in [-0.25, -0.2) is 13.8 Å². The maximum Gasteiger partial charge on any atom is 0.420 e. The van der Waals surface area contributed by atoms with E-state index in [9.17, 15) is 36.7 Å². The highest BCUT2D eigenvalue weighted by Gasteiger charge is 2.50. The summed E-state index contributed by atoms with van der Waals surface area (Å²) < 4.78 is 71.3. The van der Waals surface area contributed by atoms with Gasteiger partial charge >= 0.3 is 6.18 Å². The average molecular weight is 487 g/mol. The monoisotopic (exact) mass is 487 g/mol. The van der Waals surface area contributed by atoms with E-state index < -0.39 is 65.0 Å². The van der Waals surface area contributed by atoms with E-state index in [2.05, 4.69) is 10.1 Å². The van der Waals surface area contributed by atoms with E-state index in [0.29, 0.717) is 17.6 Å². The summed E-state index contributed by atoms with van der Waals surface area (Å²) >= 11 is 0. The number of nitrogens with two attached hydrogens (primary N) is 1. The number of pyridine rings is 1. The van der Waals surface area contributed by atoms with Crippen molar-refractivity contribution in [3.63, 3.8) is 0 Å². The average Bonchev–Trinajstić information content (AvgIpc) is 3.41. The molecule has 2 aromatic rings. The lowest BCUT2D eigenvalue weighted by molar-refractivity contribution is -0.138. The highest BCUT2D eigenvalue weighted by atomic mass is 19.4. The second kappa shape index (κ2) is 7.91. The number of nitrogens with zero attached hydrogens (tertiary/aromatic N) is 4. The Hall–Kier alpha value is -3.25. The van der Waals surface area contributed by atoms with Gasteiger partial charge in [-0.15, -0.1) is 0 Å². The first-order valence-electron chi connectivity index (χ1n) is 10.6. The van der Waals surface area contributed by atoms with Crippen LogP contribution >= 0.6 is 0 Å². The van der Waals surface area contributed by atoms with Gasteiger partial charge in [-0.05, 0) is 36.8 Å². The van der Waals surface area contributed by atoms with Crippen LogP contribution in [0.5, 0.6) is 0 Å². The molecule has 13 heteroatoms. The van der Waals surface area contributed by atoms with E-state index in [1.807, 2.05) is 0 Å². The molecule has 3 N–H and O–H groups in total. The zero-order valence-corrected chi connectivity index (χ0v) is 18.1. The molecule has 34 heavy (non-hydrogen) atoms. The molecular formula is C21H22F5N5O3. The molecule has 4 rings (SSSR count). The summed E-state index contributed by atoms with van der Waals surface area (Å²) in [4.78, 5) is 28.2. The number of amides is 2. The topological polar surface area (TPSA) is 116 Å². The summed E-state index contributed by atoms with van der Waals surface area (Å²) in [6.07, 6.45) is -3.93. The van der Waals surface area contributed by atoms with Crippen molar-refractivity contribution in [2.24, 2.45) is 16.1 Å². The maximum atomic E-state index is 14.1. The molecule has 0 radical (unpaired) electrons. The Kier molecular flexibility index (Phi) is 5.56. The fourth-order valence-corrected chi connectivity index (χ4v) is 4.42. The molecule has 0 spiro atoms. The zero-order chi connectivity index (χ0) is 25.1. The molecule has 1 atom stereocenters. The summed E-state index contributed by atoms with van der Waals surface area (Å²) in [7, 11) is 0. The van der Waals surface area contributed by atoms with Crippen LogP contribution in [0.1, 0.15) is 77.2 Å². The van der Waals surface area contributed by atoms with Gasteiger partial charge in [0.25, 0.3) is 11.8 Å². The smallest absolute Gasteiger partial charge is 0.420 e. The third kappa shape index (κ3) is 4.68. The SMILES string of the molecule is CC1(Cn2nc(C3CC3)c(C(F)(F)F)c2C(=O)N=c2ccn(O)c(C(N)=O)c2)CCC(F)(F)C1. The van der Waals surface area contributed by atoms with Crippen LogP contribution < -0.4 is 11.1 Å². The Morgan fingerprint density at radius 3 is 2.50 bits per heavy atom. The molecule has 2 aromatic heterocycles. The second-order valence-electron chi connectivity index (χ2n) is 9.28. The fourth-order valence-electron chi connectivity index (χ4n) is 4.42. The number of hydrogen-bond donors (Lipinski definition) is 2. The van der Waals surface area contributed by atoms with E-state index >= 15 is 0 Å². The molecule has 0 aromatic carbocycles. The summed E-state index contributed by atoms with van der Waals surface area (Å²) in [5.41, 5.74) is 1.26. The van der Waals surface area contributed by atoms with Crippen LogP contribution in [0.4, 0.5) is 22.0 Å². The van der Waals surface area contributed by atoms with Gasteiger partial charge in [0.05, 0.1) is 11.1 Å². The molecule has 184 valence electrons. The molecule has 2 aliphatic carbocycles. The Morgan fingerprint density at radius 2 is 1.97 bits per heavy atom. The van der Waals surface area contributed by atoms with Gasteiger partial charge in [0.1, 0.15) is 17.0 Å². The van der Waals surface area contributed by atoms with E-state index in [0.717, 1.165) is 23.0 Å². The number of rotatable bonds is 5. The van der Waals surface area contributed by atoms with E-state index in [1.165, 1.54) is 6.92 Å². The minimum Gasteiger partial charge on any atom is -0.428 e. The number of carbonyl (C=O) groups excluding carboxylic acids is 2. The van der Waals surface area contributed by atoms with Crippen LogP contribution in [0, 0.1) is 5.41 Å². The maximum absolute atomic E-state index is 14.1. The molecule has 2 saturated carbocycles. The van der Waals surface area contributed by atoms with Gasteiger partial charge in [-0.1, -0.05) is 6.92 Å². The molecule has 8 nitrogen and oxygen atoms in total. The minimum absolute atomic E-state index is 0.0574.